The van der Waals surface area contributed by atoms with Crippen LogP contribution in [-0.4, -0.2) is 44.5 Å². The second kappa shape index (κ2) is 5.98. The normalized spacial score (nSPS) is 24.2. The van der Waals surface area contributed by atoms with Crippen molar-refractivity contribution in [2.75, 3.05) is 32.3 Å². The lowest BCUT2D eigenvalue weighted by Gasteiger charge is -2.31. The highest BCUT2D eigenvalue weighted by Crippen LogP contribution is 2.30. The second-order valence-electron chi connectivity index (χ2n) is 4.41. The van der Waals surface area contributed by atoms with E-state index in [0.717, 1.165) is 26.1 Å². The van der Waals surface area contributed by atoms with Crippen molar-refractivity contribution >= 4 is 5.69 Å². The number of aromatic nitrogens is 1. The first kappa shape index (κ1) is 12.3. The summed E-state index contributed by atoms with van der Waals surface area (Å²) in [6, 6.07) is 5.00. The molecule has 1 aromatic heterocycles. The summed E-state index contributed by atoms with van der Waals surface area (Å²) in [6.45, 7) is 1.53. The van der Waals surface area contributed by atoms with Gasteiger partial charge in [0, 0.05) is 32.3 Å². The molecule has 2 heterocycles. The van der Waals surface area contributed by atoms with Gasteiger partial charge in [-0.2, -0.15) is 0 Å². The molecule has 17 heavy (non-hydrogen) atoms. The molecule has 0 N–H and O–H groups in total. The number of hydrogen-bond donors (Lipinski definition) is 0. The maximum Gasteiger partial charge on any atom is 0.0666 e. The largest absolute Gasteiger partial charge is 0.383 e. The highest BCUT2D eigenvalue weighted by molar-refractivity contribution is 5.48. The quantitative estimate of drug-likeness (QED) is 0.779. The first-order chi connectivity index (χ1) is 8.36. The fourth-order valence-electron chi connectivity index (χ4n) is 2.61. The average molecular weight is 236 g/mol. The fraction of sp³-hybridized carbons (Fsp3) is 0.615. The number of anilines is 1. The highest BCUT2D eigenvalue weighted by Gasteiger charge is 2.33. The molecule has 1 fully saturated rings. The Morgan fingerprint density at radius 2 is 1.65 bits per heavy atom. The number of pyridine rings is 1. The summed E-state index contributed by atoms with van der Waals surface area (Å²) in [5, 5.41) is 0. The number of rotatable bonds is 5. The molecule has 0 saturated carbocycles. The predicted molar refractivity (Wildman–Crippen MR) is 67.3 cm³/mol. The van der Waals surface area contributed by atoms with Gasteiger partial charge < -0.3 is 14.4 Å². The van der Waals surface area contributed by atoms with Gasteiger partial charge in [0.2, 0.25) is 0 Å². The van der Waals surface area contributed by atoms with Gasteiger partial charge >= 0.3 is 0 Å². The monoisotopic (exact) mass is 236 g/mol. The predicted octanol–water partition coefficient (Wildman–Crippen LogP) is 1.71. The van der Waals surface area contributed by atoms with E-state index in [4.69, 9.17) is 9.47 Å². The molecule has 0 bridgehead atoms. The highest BCUT2D eigenvalue weighted by atomic mass is 16.5. The molecule has 0 amide bonds. The van der Waals surface area contributed by atoms with E-state index in [9.17, 15) is 0 Å². The van der Waals surface area contributed by atoms with E-state index in [0.29, 0.717) is 12.1 Å². The van der Waals surface area contributed by atoms with Crippen molar-refractivity contribution in [1.82, 2.24) is 4.98 Å². The summed E-state index contributed by atoms with van der Waals surface area (Å²) in [7, 11) is 3.52. The van der Waals surface area contributed by atoms with Crippen molar-refractivity contribution in [3.63, 3.8) is 0 Å². The Kier molecular flexibility index (Phi) is 4.34. The number of methoxy groups -OCH3 is 2. The number of nitrogens with zero attached hydrogens (tertiary/aromatic N) is 2. The minimum Gasteiger partial charge on any atom is -0.383 e. The van der Waals surface area contributed by atoms with Crippen LogP contribution in [0.25, 0.3) is 0 Å². The minimum atomic E-state index is 0.447. The van der Waals surface area contributed by atoms with E-state index in [1.807, 2.05) is 12.4 Å². The minimum absolute atomic E-state index is 0.447. The van der Waals surface area contributed by atoms with Gasteiger partial charge in [-0.05, 0) is 25.0 Å². The molecule has 1 aromatic rings. The molecule has 2 rings (SSSR count). The van der Waals surface area contributed by atoms with E-state index < -0.39 is 0 Å². The first-order valence-corrected chi connectivity index (χ1v) is 6.03. The standard InChI is InChI=1S/C13H20N2O2/c1-16-9-12-3-4-13(10-17-2)15(12)11-5-7-14-8-6-11/h5-8,12-13H,3-4,9-10H2,1-2H3/t12-,13-/m0/s1. The molecule has 4 nitrogen and oxygen atoms in total. The molecule has 94 valence electrons. The van der Waals surface area contributed by atoms with Gasteiger partial charge in [-0.25, -0.2) is 0 Å². The van der Waals surface area contributed by atoms with E-state index in [1.165, 1.54) is 5.69 Å². The Balaban J connectivity index is 2.17. The molecule has 2 atom stereocenters. The topological polar surface area (TPSA) is 34.6 Å². The van der Waals surface area contributed by atoms with E-state index in [1.54, 1.807) is 14.2 Å². The molecule has 0 spiro atoms. The van der Waals surface area contributed by atoms with Crippen molar-refractivity contribution in [2.24, 2.45) is 0 Å². The van der Waals surface area contributed by atoms with Crippen molar-refractivity contribution in [3.05, 3.63) is 24.5 Å². The molecule has 4 heteroatoms. The van der Waals surface area contributed by atoms with E-state index in [2.05, 4.69) is 22.0 Å². The van der Waals surface area contributed by atoms with Gasteiger partial charge in [0.1, 0.15) is 0 Å². The summed E-state index contributed by atoms with van der Waals surface area (Å²) >= 11 is 0. The molecule has 0 aromatic carbocycles. The van der Waals surface area contributed by atoms with Crippen molar-refractivity contribution < 1.29 is 9.47 Å². The summed E-state index contributed by atoms with van der Waals surface area (Å²) in [6.07, 6.45) is 5.98. The average Bonchev–Trinajstić information content (AvgIpc) is 2.74. The van der Waals surface area contributed by atoms with Crippen LogP contribution in [0.4, 0.5) is 5.69 Å². The zero-order chi connectivity index (χ0) is 12.1. The zero-order valence-corrected chi connectivity index (χ0v) is 10.5. The maximum atomic E-state index is 5.31. The van der Waals surface area contributed by atoms with E-state index >= 15 is 0 Å². The van der Waals surface area contributed by atoms with Crippen LogP contribution in [0.1, 0.15) is 12.8 Å². The fourth-order valence-corrected chi connectivity index (χ4v) is 2.61. The van der Waals surface area contributed by atoms with Gasteiger partial charge in [0.25, 0.3) is 0 Å². The molecular formula is C13H20N2O2. The summed E-state index contributed by atoms with van der Waals surface area (Å²) < 4.78 is 10.6. The number of ether oxygens (including phenoxy) is 2. The van der Waals surface area contributed by atoms with Crippen LogP contribution in [0, 0.1) is 0 Å². The van der Waals surface area contributed by atoms with Crippen LogP contribution in [0.2, 0.25) is 0 Å². The van der Waals surface area contributed by atoms with Gasteiger partial charge in [0.05, 0.1) is 25.3 Å². The summed E-state index contributed by atoms with van der Waals surface area (Å²) in [5.74, 6) is 0. The summed E-state index contributed by atoms with van der Waals surface area (Å²) in [5.41, 5.74) is 1.21. The van der Waals surface area contributed by atoms with Crippen LogP contribution >= 0.6 is 0 Å². The molecule has 1 aliphatic heterocycles. The number of hydrogen-bond acceptors (Lipinski definition) is 4. The molecule has 1 aliphatic rings. The Morgan fingerprint density at radius 1 is 1.12 bits per heavy atom. The molecule has 0 radical (unpaired) electrons. The third-order valence-corrected chi connectivity index (χ3v) is 3.30. The Morgan fingerprint density at radius 3 is 2.12 bits per heavy atom. The molecular weight excluding hydrogens is 216 g/mol. The third kappa shape index (κ3) is 2.76. The SMILES string of the molecule is COC[C@@H]1CC[C@@H](COC)N1c1ccncc1. The van der Waals surface area contributed by atoms with E-state index in [-0.39, 0.29) is 0 Å². The maximum absolute atomic E-state index is 5.31. The van der Waals surface area contributed by atoms with Crippen LogP contribution in [0.3, 0.4) is 0 Å². The lowest BCUT2D eigenvalue weighted by molar-refractivity contribution is 0.167. The Bertz CT molecular complexity index is 317. The third-order valence-electron chi connectivity index (χ3n) is 3.30. The molecule has 1 saturated heterocycles. The molecule has 0 aliphatic carbocycles. The zero-order valence-electron chi connectivity index (χ0n) is 10.5. The Labute approximate surface area is 103 Å². The lowest BCUT2D eigenvalue weighted by atomic mass is 10.2. The Hall–Kier alpha value is -1.13. The first-order valence-electron chi connectivity index (χ1n) is 6.03. The van der Waals surface area contributed by atoms with Gasteiger partial charge in [0.15, 0.2) is 0 Å². The van der Waals surface area contributed by atoms with Gasteiger partial charge in [-0.15, -0.1) is 0 Å². The second-order valence-corrected chi connectivity index (χ2v) is 4.41. The van der Waals surface area contributed by atoms with Crippen LogP contribution < -0.4 is 4.90 Å². The van der Waals surface area contributed by atoms with Crippen LogP contribution in [0.5, 0.6) is 0 Å². The van der Waals surface area contributed by atoms with Gasteiger partial charge in [-0.1, -0.05) is 0 Å². The van der Waals surface area contributed by atoms with Crippen LogP contribution in [0.15, 0.2) is 24.5 Å². The molecule has 0 unspecified atom stereocenters. The summed E-state index contributed by atoms with van der Waals surface area (Å²) in [4.78, 5) is 6.48. The smallest absolute Gasteiger partial charge is 0.0666 e. The van der Waals surface area contributed by atoms with Crippen molar-refractivity contribution in [2.45, 2.75) is 24.9 Å². The van der Waals surface area contributed by atoms with Crippen molar-refractivity contribution in [1.29, 1.82) is 0 Å². The lowest BCUT2D eigenvalue weighted by Crippen LogP contribution is -2.40. The van der Waals surface area contributed by atoms with Crippen molar-refractivity contribution in [3.8, 4) is 0 Å². The van der Waals surface area contributed by atoms with Gasteiger partial charge in [-0.3, -0.25) is 4.98 Å². The van der Waals surface area contributed by atoms with Crippen LogP contribution in [-0.2, 0) is 9.47 Å².